The molecule has 1 aliphatic rings. The molecule has 29 heavy (non-hydrogen) atoms. The minimum Gasteiger partial charge on any atom is -0.352 e. The van der Waals surface area contributed by atoms with Crippen molar-refractivity contribution in [2.24, 2.45) is 0 Å². The second-order valence-electron chi connectivity index (χ2n) is 7.81. The molecular formula is C23H27N3O3. The maximum absolute atomic E-state index is 12.9. The summed E-state index contributed by atoms with van der Waals surface area (Å²) in [7, 11) is 0. The van der Waals surface area contributed by atoms with Crippen LogP contribution in [-0.2, 0) is 21.5 Å². The molecule has 2 aromatic rings. The number of rotatable bonds is 7. The summed E-state index contributed by atoms with van der Waals surface area (Å²) in [6.07, 6.45) is 1.62. The highest BCUT2D eigenvalue weighted by atomic mass is 16.2. The Kier molecular flexibility index (Phi) is 6.01. The average Bonchev–Trinajstić information content (AvgIpc) is 2.91. The summed E-state index contributed by atoms with van der Waals surface area (Å²) in [6, 6.07) is 16.9. The number of nitrogens with one attached hydrogen (secondary N) is 2. The standard InChI is InChI=1S/C23H27N3O3/c1-16-9-13-19(14-10-16)23(3)21(28)26(22(29)25-23)15-20(27)24-17(2)11-12-18-7-5-4-6-8-18/h4-10,13-14,17H,11-12,15H2,1-3H3,(H,24,27)(H,25,29)/t17-,23-/m1/s1. The van der Waals surface area contributed by atoms with E-state index in [9.17, 15) is 14.4 Å². The van der Waals surface area contributed by atoms with E-state index in [-0.39, 0.29) is 18.5 Å². The van der Waals surface area contributed by atoms with Gasteiger partial charge >= 0.3 is 6.03 Å². The summed E-state index contributed by atoms with van der Waals surface area (Å²) >= 11 is 0. The summed E-state index contributed by atoms with van der Waals surface area (Å²) in [5.41, 5.74) is 1.80. The highest BCUT2D eigenvalue weighted by Gasteiger charge is 2.49. The van der Waals surface area contributed by atoms with Crippen LogP contribution in [0.1, 0.15) is 37.0 Å². The van der Waals surface area contributed by atoms with E-state index in [0.29, 0.717) is 5.56 Å². The van der Waals surface area contributed by atoms with Gasteiger partial charge < -0.3 is 10.6 Å². The number of aryl methyl sites for hydroxylation is 2. The fourth-order valence-electron chi connectivity index (χ4n) is 3.49. The van der Waals surface area contributed by atoms with Gasteiger partial charge in [-0.3, -0.25) is 14.5 Å². The van der Waals surface area contributed by atoms with E-state index in [0.717, 1.165) is 23.3 Å². The Morgan fingerprint density at radius 2 is 1.76 bits per heavy atom. The van der Waals surface area contributed by atoms with Gasteiger partial charge in [0, 0.05) is 6.04 Å². The molecule has 1 fully saturated rings. The van der Waals surface area contributed by atoms with Gasteiger partial charge in [0.05, 0.1) is 0 Å². The van der Waals surface area contributed by atoms with E-state index in [1.165, 1.54) is 5.56 Å². The summed E-state index contributed by atoms with van der Waals surface area (Å²) in [5.74, 6) is -0.763. The molecule has 2 aromatic carbocycles. The molecule has 3 rings (SSSR count). The highest BCUT2D eigenvalue weighted by Crippen LogP contribution is 2.28. The van der Waals surface area contributed by atoms with E-state index in [2.05, 4.69) is 10.6 Å². The van der Waals surface area contributed by atoms with Gasteiger partial charge in [-0.2, -0.15) is 0 Å². The largest absolute Gasteiger partial charge is 0.352 e. The molecule has 4 amide bonds. The molecule has 0 unspecified atom stereocenters. The highest BCUT2D eigenvalue weighted by molar-refractivity contribution is 6.09. The number of imide groups is 1. The van der Waals surface area contributed by atoms with Gasteiger partial charge in [-0.1, -0.05) is 60.2 Å². The molecule has 6 heteroatoms. The Labute approximate surface area is 171 Å². The fourth-order valence-corrected chi connectivity index (χ4v) is 3.49. The third kappa shape index (κ3) is 4.65. The van der Waals surface area contributed by atoms with Crippen LogP contribution < -0.4 is 10.6 Å². The Hall–Kier alpha value is -3.15. The Balaban J connectivity index is 1.58. The van der Waals surface area contributed by atoms with Crippen molar-refractivity contribution in [1.82, 2.24) is 15.5 Å². The van der Waals surface area contributed by atoms with Crippen LogP contribution in [0.3, 0.4) is 0 Å². The number of benzene rings is 2. The van der Waals surface area contributed by atoms with Crippen molar-refractivity contribution in [3.63, 3.8) is 0 Å². The number of urea groups is 1. The van der Waals surface area contributed by atoms with Gasteiger partial charge in [-0.25, -0.2) is 4.79 Å². The first-order valence-corrected chi connectivity index (χ1v) is 9.84. The number of carbonyl (C=O) groups is 3. The van der Waals surface area contributed by atoms with E-state index in [1.54, 1.807) is 6.92 Å². The Bertz CT molecular complexity index is 895. The maximum Gasteiger partial charge on any atom is 0.325 e. The monoisotopic (exact) mass is 393 g/mol. The maximum atomic E-state index is 12.9. The van der Waals surface area contributed by atoms with Gasteiger partial charge in [-0.15, -0.1) is 0 Å². The van der Waals surface area contributed by atoms with Crippen LogP contribution in [0, 0.1) is 6.92 Å². The molecule has 0 radical (unpaired) electrons. The molecule has 0 aliphatic carbocycles. The normalized spacial score (nSPS) is 19.8. The number of carbonyl (C=O) groups excluding carboxylic acids is 3. The molecule has 1 saturated heterocycles. The van der Waals surface area contributed by atoms with Gasteiger partial charge in [0.15, 0.2) is 0 Å². The molecule has 0 saturated carbocycles. The number of amides is 4. The van der Waals surface area contributed by atoms with Gasteiger partial charge in [0.1, 0.15) is 12.1 Å². The predicted molar refractivity (Wildman–Crippen MR) is 111 cm³/mol. The van der Waals surface area contributed by atoms with Crippen LogP contribution in [0.25, 0.3) is 0 Å². The zero-order chi connectivity index (χ0) is 21.0. The Morgan fingerprint density at radius 1 is 1.10 bits per heavy atom. The molecule has 0 aromatic heterocycles. The van der Waals surface area contributed by atoms with Gasteiger partial charge in [0.2, 0.25) is 5.91 Å². The average molecular weight is 393 g/mol. The number of hydrogen-bond acceptors (Lipinski definition) is 3. The summed E-state index contributed by atoms with van der Waals surface area (Å²) in [4.78, 5) is 38.7. The molecule has 2 N–H and O–H groups in total. The van der Waals surface area contributed by atoms with Crippen molar-refractivity contribution >= 4 is 17.8 Å². The lowest BCUT2D eigenvalue weighted by Gasteiger charge is -2.22. The Morgan fingerprint density at radius 3 is 2.41 bits per heavy atom. The van der Waals surface area contributed by atoms with Crippen molar-refractivity contribution in [3.8, 4) is 0 Å². The fraction of sp³-hybridized carbons (Fsp3) is 0.348. The lowest BCUT2D eigenvalue weighted by molar-refractivity contribution is -0.135. The van der Waals surface area contributed by atoms with Crippen LogP contribution >= 0.6 is 0 Å². The summed E-state index contributed by atoms with van der Waals surface area (Å²) < 4.78 is 0. The van der Waals surface area contributed by atoms with Gasteiger partial charge in [0.25, 0.3) is 5.91 Å². The van der Waals surface area contributed by atoms with Crippen molar-refractivity contribution < 1.29 is 14.4 Å². The smallest absolute Gasteiger partial charge is 0.325 e. The second kappa shape index (κ2) is 8.47. The zero-order valence-corrected chi connectivity index (χ0v) is 17.1. The van der Waals surface area contributed by atoms with Crippen molar-refractivity contribution in [2.75, 3.05) is 6.54 Å². The number of hydrogen-bond donors (Lipinski definition) is 2. The van der Waals surface area contributed by atoms with Crippen LogP contribution in [0.15, 0.2) is 54.6 Å². The summed E-state index contributed by atoms with van der Waals surface area (Å²) in [5, 5.41) is 5.61. The molecule has 0 spiro atoms. The first-order chi connectivity index (χ1) is 13.8. The topological polar surface area (TPSA) is 78.5 Å². The molecule has 6 nitrogen and oxygen atoms in total. The first-order valence-electron chi connectivity index (χ1n) is 9.84. The SMILES string of the molecule is Cc1ccc([C@@]2(C)NC(=O)N(CC(=O)N[C@H](C)CCc3ccccc3)C2=O)cc1. The van der Waals surface area contributed by atoms with E-state index in [4.69, 9.17) is 0 Å². The summed E-state index contributed by atoms with van der Waals surface area (Å²) in [6.45, 7) is 5.25. The molecule has 2 atom stereocenters. The lowest BCUT2D eigenvalue weighted by atomic mass is 9.91. The second-order valence-corrected chi connectivity index (χ2v) is 7.81. The molecule has 1 heterocycles. The third-order valence-corrected chi connectivity index (χ3v) is 5.32. The molecule has 0 bridgehead atoms. The number of nitrogens with zero attached hydrogens (tertiary/aromatic N) is 1. The van der Waals surface area contributed by atoms with Crippen LogP contribution in [0.2, 0.25) is 0 Å². The first kappa shape index (κ1) is 20.6. The quantitative estimate of drug-likeness (QED) is 0.710. The van der Waals surface area contributed by atoms with Crippen LogP contribution in [0.4, 0.5) is 4.79 Å². The van der Waals surface area contributed by atoms with Crippen molar-refractivity contribution in [3.05, 3.63) is 71.3 Å². The zero-order valence-electron chi connectivity index (χ0n) is 17.1. The van der Waals surface area contributed by atoms with Crippen LogP contribution in [0.5, 0.6) is 0 Å². The molecule has 152 valence electrons. The minimum atomic E-state index is -1.16. The molecule has 1 aliphatic heterocycles. The van der Waals surface area contributed by atoms with E-state index in [1.807, 2.05) is 68.4 Å². The predicted octanol–water partition coefficient (Wildman–Crippen LogP) is 2.90. The minimum absolute atomic E-state index is 0.0630. The van der Waals surface area contributed by atoms with Gasteiger partial charge in [-0.05, 0) is 44.7 Å². The van der Waals surface area contributed by atoms with Crippen molar-refractivity contribution in [2.45, 2.75) is 45.2 Å². The molecular weight excluding hydrogens is 366 g/mol. The van der Waals surface area contributed by atoms with Crippen LogP contribution in [-0.4, -0.2) is 35.3 Å². The third-order valence-electron chi connectivity index (χ3n) is 5.32. The van der Waals surface area contributed by atoms with Crippen molar-refractivity contribution in [1.29, 1.82) is 0 Å². The van der Waals surface area contributed by atoms with E-state index < -0.39 is 17.5 Å². The van der Waals surface area contributed by atoms with E-state index >= 15 is 0 Å². The lowest BCUT2D eigenvalue weighted by Crippen LogP contribution is -2.45.